The van der Waals surface area contributed by atoms with Gasteiger partial charge >= 0.3 is 0 Å². The van der Waals surface area contributed by atoms with Gasteiger partial charge in [-0.15, -0.1) is 0 Å². The maximum atomic E-state index is 10.7. The lowest BCUT2D eigenvalue weighted by Gasteiger charge is -2.04. The number of rotatable bonds is 16. The molecule has 3 nitrogen and oxygen atoms in total. The molecule has 0 atom stereocenters. The second-order valence-corrected chi connectivity index (χ2v) is 7.33. The number of carboxylic acid groups (broad SMARTS) is 1. The lowest BCUT2D eigenvalue weighted by Crippen LogP contribution is -2.21. The average Bonchev–Trinajstić information content (AvgIpc) is 2.46. The van der Waals surface area contributed by atoms with Crippen LogP contribution in [0.5, 0.6) is 0 Å². The van der Waals surface area contributed by atoms with Gasteiger partial charge in [0.25, 0.3) is 0 Å². The quantitative estimate of drug-likeness (QED) is 0.392. The summed E-state index contributed by atoms with van der Waals surface area (Å²) in [4.78, 5) is 21.0. The average molecular weight is 330 g/mol. The van der Waals surface area contributed by atoms with Crippen LogP contribution in [-0.4, -0.2) is 16.8 Å². The fourth-order valence-corrected chi connectivity index (χ4v) is 3.17. The molecule has 0 rings (SSSR count). The normalized spacial score (nSPS) is 10.8. The van der Waals surface area contributed by atoms with Crippen molar-refractivity contribution in [2.24, 2.45) is 0 Å². The van der Waals surface area contributed by atoms with Crippen molar-refractivity contribution in [2.75, 3.05) is 5.75 Å². The first-order valence-corrected chi connectivity index (χ1v) is 9.94. The third-order valence-corrected chi connectivity index (χ3v) is 4.73. The number of carboxylic acids is 1. The zero-order valence-corrected chi connectivity index (χ0v) is 15.1. The fourth-order valence-electron chi connectivity index (χ4n) is 2.53. The van der Waals surface area contributed by atoms with Crippen molar-refractivity contribution in [3.8, 4) is 0 Å². The molecule has 0 aliphatic heterocycles. The highest BCUT2D eigenvalue weighted by atomic mass is 32.2. The smallest absolute Gasteiger partial charge is 0.185 e. The number of carbonyl (C=O) groups excluding carboxylic acids is 2. The summed E-state index contributed by atoms with van der Waals surface area (Å²) in [5.74, 6) is 0.0656. The molecule has 0 bridgehead atoms. The molecule has 0 saturated carbocycles. The molecular weight excluding hydrogens is 296 g/mol. The monoisotopic (exact) mass is 329 g/mol. The summed E-state index contributed by atoms with van der Waals surface area (Å²) in [5, 5.41) is 10.5. The molecule has 0 amide bonds. The Hall–Kier alpha value is -0.510. The summed E-state index contributed by atoms with van der Waals surface area (Å²) in [7, 11) is 0. The van der Waals surface area contributed by atoms with Crippen molar-refractivity contribution in [2.45, 2.75) is 96.8 Å². The van der Waals surface area contributed by atoms with Gasteiger partial charge < -0.3 is 9.90 Å². The largest absolute Gasteiger partial charge is 0.550 e. The van der Waals surface area contributed by atoms with Crippen LogP contribution in [0.15, 0.2) is 0 Å². The molecule has 4 heteroatoms. The lowest BCUT2D eigenvalue weighted by molar-refractivity contribution is -0.305. The molecule has 0 heterocycles. The molecule has 0 aliphatic rings. The predicted molar refractivity (Wildman–Crippen MR) is 92.8 cm³/mol. The lowest BCUT2D eigenvalue weighted by atomic mass is 10.0. The molecule has 0 aromatic carbocycles. The van der Waals surface area contributed by atoms with E-state index >= 15 is 0 Å². The van der Waals surface area contributed by atoms with Crippen molar-refractivity contribution in [1.29, 1.82) is 0 Å². The Labute approximate surface area is 140 Å². The van der Waals surface area contributed by atoms with Crippen LogP contribution in [0.3, 0.4) is 0 Å². The van der Waals surface area contributed by atoms with E-state index in [1.54, 1.807) is 6.92 Å². The van der Waals surface area contributed by atoms with Crippen LogP contribution in [0.2, 0.25) is 0 Å². The fraction of sp³-hybridized carbons (Fsp3) is 0.889. The Bertz CT molecular complexity index is 252. The van der Waals surface area contributed by atoms with Gasteiger partial charge in [0, 0.05) is 18.6 Å². The highest BCUT2D eigenvalue weighted by molar-refractivity contribution is 8.13. The first kappa shape index (κ1) is 21.5. The molecule has 0 spiro atoms. The van der Waals surface area contributed by atoms with Crippen molar-refractivity contribution in [1.82, 2.24) is 0 Å². The topological polar surface area (TPSA) is 57.2 Å². The SMILES string of the molecule is CC(=O)SCCCCCCCCCCCCCCCC(=O)[O-]. The maximum absolute atomic E-state index is 10.7. The van der Waals surface area contributed by atoms with Crippen LogP contribution >= 0.6 is 11.8 Å². The molecule has 0 aliphatic carbocycles. The Kier molecular flexibility index (Phi) is 16.5. The molecule has 130 valence electrons. The maximum Gasteiger partial charge on any atom is 0.185 e. The van der Waals surface area contributed by atoms with E-state index in [9.17, 15) is 14.7 Å². The Morgan fingerprint density at radius 3 is 1.41 bits per heavy atom. The second kappa shape index (κ2) is 16.9. The highest BCUT2D eigenvalue weighted by Gasteiger charge is 1.96. The van der Waals surface area contributed by atoms with Crippen molar-refractivity contribution in [3.63, 3.8) is 0 Å². The Morgan fingerprint density at radius 2 is 1.05 bits per heavy atom. The van der Waals surface area contributed by atoms with Gasteiger partial charge in [-0.1, -0.05) is 82.4 Å². The van der Waals surface area contributed by atoms with E-state index in [1.807, 2.05) is 0 Å². The number of hydrogen-bond acceptors (Lipinski definition) is 4. The highest BCUT2D eigenvalue weighted by Crippen LogP contribution is 2.14. The van der Waals surface area contributed by atoms with Crippen molar-refractivity contribution in [3.05, 3.63) is 0 Å². The Balaban J connectivity index is 2.99. The molecule has 0 aromatic rings. The predicted octanol–water partition coefficient (Wildman–Crippen LogP) is 4.48. The molecule has 0 aromatic heterocycles. The first-order valence-electron chi connectivity index (χ1n) is 8.96. The summed E-state index contributed by atoms with van der Waals surface area (Å²) in [6.07, 6.45) is 16.1. The summed E-state index contributed by atoms with van der Waals surface area (Å²) in [6, 6.07) is 0. The van der Waals surface area contributed by atoms with Gasteiger partial charge in [0.2, 0.25) is 0 Å². The van der Waals surface area contributed by atoms with Crippen LogP contribution in [0.25, 0.3) is 0 Å². The summed E-state index contributed by atoms with van der Waals surface area (Å²) in [6.45, 7) is 1.64. The van der Waals surface area contributed by atoms with Gasteiger partial charge in [-0.3, -0.25) is 4.79 Å². The van der Waals surface area contributed by atoms with E-state index in [4.69, 9.17) is 0 Å². The summed E-state index contributed by atoms with van der Waals surface area (Å²) >= 11 is 1.45. The van der Waals surface area contributed by atoms with Crippen LogP contribution in [0, 0.1) is 0 Å². The molecule has 0 N–H and O–H groups in total. The molecule has 0 saturated heterocycles. The molecule has 22 heavy (non-hydrogen) atoms. The molecule has 0 radical (unpaired) electrons. The van der Waals surface area contributed by atoms with E-state index in [2.05, 4.69) is 0 Å². The molecule has 0 unspecified atom stereocenters. The minimum atomic E-state index is -0.919. The Morgan fingerprint density at radius 1 is 0.682 bits per heavy atom. The minimum absolute atomic E-state index is 0.216. The molecule has 0 fully saturated rings. The van der Waals surface area contributed by atoms with Crippen LogP contribution in [-0.2, 0) is 9.59 Å². The number of thioether (sulfide) groups is 1. The van der Waals surface area contributed by atoms with Crippen LogP contribution < -0.4 is 5.11 Å². The summed E-state index contributed by atoms with van der Waals surface area (Å²) in [5.41, 5.74) is 0. The number of unbranched alkanes of at least 4 members (excludes halogenated alkanes) is 12. The van der Waals surface area contributed by atoms with E-state index < -0.39 is 5.97 Å². The van der Waals surface area contributed by atoms with E-state index in [0.29, 0.717) is 0 Å². The standard InChI is InChI=1S/C18H34O3S/c1-17(19)22-16-14-12-10-8-6-4-2-3-5-7-9-11-13-15-18(20)21/h2-16H2,1H3,(H,20,21)/p-1. The number of aliphatic carboxylic acids is 1. The number of carbonyl (C=O) groups is 2. The van der Waals surface area contributed by atoms with Crippen LogP contribution in [0.1, 0.15) is 96.8 Å². The third-order valence-electron chi connectivity index (χ3n) is 3.83. The van der Waals surface area contributed by atoms with Gasteiger partial charge in [-0.25, -0.2) is 0 Å². The zero-order valence-electron chi connectivity index (χ0n) is 14.2. The van der Waals surface area contributed by atoms with Crippen molar-refractivity contribution >= 4 is 22.8 Å². The van der Waals surface area contributed by atoms with Gasteiger partial charge in [0.05, 0.1) is 0 Å². The third kappa shape index (κ3) is 19.5. The minimum Gasteiger partial charge on any atom is -0.550 e. The number of hydrogen-bond donors (Lipinski definition) is 0. The van der Waals surface area contributed by atoms with Gasteiger partial charge in [0.15, 0.2) is 5.12 Å². The van der Waals surface area contributed by atoms with Gasteiger partial charge in [-0.05, 0) is 19.3 Å². The van der Waals surface area contributed by atoms with E-state index in [-0.39, 0.29) is 11.5 Å². The first-order chi connectivity index (χ1) is 10.6. The van der Waals surface area contributed by atoms with E-state index in [0.717, 1.165) is 25.0 Å². The van der Waals surface area contributed by atoms with Crippen LogP contribution in [0.4, 0.5) is 0 Å². The zero-order chi connectivity index (χ0) is 16.5. The van der Waals surface area contributed by atoms with Gasteiger partial charge in [-0.2, -0.15) is 0 Å². The van der Waals surface area contributed by atoms with E-state index in [1.165, 1.54) is 76.0 Å². The molecular formula is C18H33O3S-. The van der Waals surface area contributed by atoms with Gasteiger partial charge in [0.1, 0.15) is 0 Å². The summed E-state index contributed by atoms with van der Waals surface area (Å²) < 4.78 is 0. The van der Waals surface area contributed by atoms with Crippen molar-refractivity contribution < 1.29 is 14.7 Å². The second-order valence-electron chi connectivity index (χ2n) is 6.06.